The number of pyridine rings is 1. The zero-order valence-electron chi connectivity index (χ0n) is 12.7. The number of aromatic nitrogens is 3. The molecule has 0 bridgehead atoms. The minimum Gasteiger partial charge on any atom is -0.307 e. The van der Waals surface area contributed by atoms with Gasteiger partial charge in [-0.25, -0.2) is 0 Å². The number of benzene rings is 1. The number of H-pyrrole nitrogens is 1. The Morgan fingerprint density at radius 1 is 1.13 bits per heavy atom. The molecule has 3 rings (SSSR count). The lowest BCUT2D eigenvalue weighted by atomic mass is 10.1. The first kappa shape index (κ1) is 15.4. The predicted molar refractivity (Wildman–Crippen MR) is 93.4 cm³/mol. The Labute approximate surface area is 142 Å². The molecule has 2 N–H and O–H groups in total. The number of anilines is 1. The lowest BCUT2D eigenvalue weighted by Gasteiger charge is -2.04. The lowest BCUT2D eigenvalue weighted by molar-refractivity contribution is 0.102. The molecule has 0 aliphatic rings. The molecule has 23 heavy (non-hydrogen) atoms. The molecule has 0 fully saturated rings. The predicted octanol–water partition coefficient (Wildman–Crippen LogP) is 4.10. The number of hydrogen-bond acceptors (Lipinski definition) is 3. The summed E-state index contributed by atoms with van der Waals surface area (Å²) in [4.78, 5) is 16.6. The highest BCUT2D eigenvalue weighted by Gasteiger charge is 2.14. The summed E-state index contributed by atoms with van der Waals surface area (Å²) in [5.41, 5.74) is 4.10. The number of amides is 1. The highest BCUT2D eigenvalue weighted by Crippen LogP contribution is 2.25. The summed E-state index contributed by atoms with van der Waals surface area (Å²) in [6, 6.07) is 11.1. The van der Waals surface area contributed by atoms with Gasteiger partial charge < -0.3 is 5.32 Å². The quantitative estimate of drug-likeness (QED) is 0.728. The number of hydrogen-bond donors (Lipinski definition) is 2. The Bertz CT molecular complexity index is 838. The van der Waals surface area contributed by atoms with E-state index in [0.29, 0.717) is 11.4 Å². The van der Waals surface area contributed by atoms with E-state index >= 15 is 0 Å². The molecule has 2 heterocycles. The van der Waals surface area contributed by atoms with Crippen LogP contribution < -0.4 is 5.32 Å². The molecule has 0 saturated heterocycles. The molecule has 5 nitrogen and oxygen atoms in total. The fourth-order valence-electron chi connectivity index (χ4n) is 2.20. The van der Waals surface area contributed by atoms with Gasteiger partial charge in [0.25, 0.3) is 5.91 Å². The molecular weight excluding hydrogens is 356 g/mol. The zero-order valence-corrected chi connectivity index (χ0v) is 14.3. The molecule has 0 spiro atoms. The average Bonchev–Trinajstić information content (AvgIpc) is 2.90. The molecule has 116 valence electrons. The van der Waals surface area contributed by atoms with Crippen molar-refractivity contribution in [3.8, 4) is 11.3 Å². The number of aromatic amines is 1. The van der Waals surface area contributed by atoms with Crippen LogP contribution in [0.25, 0.3) is 11.3 Å². The van der Waals surface area contributed by atoms with E-state index in [2.05, 4.69) is 36.4 Å². The first-order chi connectivity index (χ1) is 11.0. The van der Waals surface area contributed by atoms with Gasteiger partial charge in [0.05, 0.1) is 5.69 Å². The normalized spacial score (nSPS) is 10.6. The summed E-state index contributed by atoms with van der Waals surface area (Å²) in [7, 11) is 0. The Hall–Kier alpha value is -2.47. The maximum absolute atomic E-state index is 12.3. The van der Waals surface area contributed by atoms with Gasteiger partial charge in [-0.3, -0.25) is 14.9 Å². The third kappa shape index (κ3) is 3.32. The standard InChI is InChI=1S/C17H15BrN4O/c1-10-3-4-13(9-19-10)15-11(2)16(22-21-15)20-17(23)12-5-7-14(18)8-6-12/h3-9H,1-2H3,(H2,20,21,22,23). The molecule has 1 aromatic carbocycles. The van der Waals surface area contributed by atoms with Crippen LogP contribution in [0.15, 0.2) is 47.1 Å². The number of halogens is 1. The van der Waals surface area contributed by atoms with Gasteiger partial charge in [-0.05, 0) is 50.2 Å². The number of rotatable bonds is 3. The van der Waals surface area contributed by atoms with Gasteiger partial charge in [0.15, 0.2) is 0 Å². The van der Waals surface area contributed by atoms with Crippen molar-refractivity contribution in [1.82, 2.24) is 15.2 Å². The molecule has 0 aliphatic heterocycles. The Morgan fingerprint density at radius 3 is 2.52 bits per heavy atom. The second kappa shape index (κ2) is 6.34. The molecule has 2 aromatic heterocycles. The van der Waals surface area contributed by atoms with Crippen molar-refractivity contribution in [3.63, 3.8) is 0 Å². The van der Waals surface area contributed by atoms with Crippen LogP contribution in [0, 0.1) is 13.8 Å². The fraction of sp³-hybridized carbons (Fsp3) is 0.118. The van der Waals surface area contributed by atoms with Gasteiger partial charge >= 0.3 is 0 Å². The van der Waals surface area contributed by atoms with E-state index in [1.165, 1.54) is 0 Å². The molecule has 6 heteroatoms. The Kier molecular flexibility index (Phi) is 4.25. The van der Waals surface area contributed by atoms with Crippen molar-refractivity contribution in [3.05, 3.63) is 63.9 Å². The molecule has 0 unspecified atom stereocenters. The van der Waals surface area contributed by atoms with Gasteiger partial charge in [0.2, 0.25) is 0 Å². The number of aryl methyl sites for hydroxylation is 1. The van der Waals surface area contributed by atoms with Crippen molar-refractivity contribution in [2.45, 2.75) is 13.8 Å². The third-order valence-electron chi connectivity index (χ3n) is 3.54. The number of carbonyl (C=O) groups is 1. The highest BCUT2D eigenvalue weighted by molar-refractivity contribution is 9.10. The third-order valence-corrected chi connectivity index (χ3v) is 4.07. The summed E-state index contributed by atoms with van der Waals surface area (Å²) in [5.74, 6) is 0.409. The first-order valence-corrected chi connectivity index (χ1v) is 7.89. The molecule has 1 amide bonds. The largest absolute Gasteiger partial charge is 0.307 e. The zero-order chi connectivity index (χ0) is 16.4. The van der Waals surface area contributed by atoms with E-state index in [9.17, 15) is 4.79 Å². The van der Waals surface area contributed by atoms with Crippen molar-refractivity contribution in [1.29, 1.82) is 0 Å². The summed E-state index contributed by atoms with van der Waals surface area (Å²) >= 11 is 3.35. The second-order valence-electron chi connectivity index (χ2n) is 5.22. The van der Waals surface area contributed by atoms with Gasteiger partial charge in [0.1, 0.15) is 5.82 Å². The van der Waals surface area contributed by atoms with Crippen LogP contribution in [-0.4, -0.2) is 21.1 Å². The number of nitrogens with one attached hydrogen (secondary N) is 2. The van der Waals surface area contributed by atoms with Gasteiger partial charge in [-0.2, -0.15) is 5.10 Å². The van der Waals surface area contributed by atoms with Crippen LogP contribution in [0.3, 0.4) is 0 Å². The maximum atomic E-state index is 12.3. The summed E-state index contributed by atoms with van der Waals surface area (Å²) < 4.78 is 0.931. The second-order valence-corrected chi connectivity index (χ2v) is 6.14. The van der Waals surface area contributed by atoms with Crippen molar-refractivity contribution >= 4 is 27.7 Å². The van der Waals surface area contributed by atoms with Gasteiger partial charge in [-0.1, -0.05) is 15.9 Å². The van der Waals surface area contributed by atoms with Crippen LogP contribution in [0.1, 0.15) is 21.6 Å². The molecule has 0 atom stereocenters. The van der Waals surface area contributed by atoms with E-state index in [4.69, 9.17) is 0 Å². The van der Waals surface area contributed by atoms with E-state index in [1.54, 1.807) is 18.3 Å². The molecular formula is C17H15BrN4O. The number of carbonyl (C=O) groups excluding carboxylic acids is 1. The Balaban J connectivity index is 1.83. The minimum atomic E-state index is -0.183. The van der Waals surface area contributed by atoms with E-state index in [-0.39, 0.29) is 5.91 Å². The van der Waals surface area contributed by atoms with E-state index in [0.717, 1.165) is 27.0 Å². The van der Waals surface area contributed by atoms with E-state index < -0.39 is 0 Å². The SMILES string of the molecule is Cc1ccc(-c2n[nH]c(NC(=O)c3ccc(Br)cc3)c2C)cn1. The van der Waals surface area contributed by atoms with E-state index in [1.807, 2.05) is 38.1 Å². The summed E-state index contributed by atoms with van der Waals surface area (Å²) in [6.07, 6.45) is 1.78. The monoisotopic (exact) mass is 370 g/mol. The maximum Gasteiger partial charge on any atom is 0.256 e. The van der Waals surface area contributed by atoms with Crippen LogP contribution >= 0.6 is 15.9 Å². The summed E-state index contributed by atoms with van der Waals surface area (Å²) in [6.45, 7) is 3.85. The topological polar surface area (TPSA) is 70.7 Å². The Morgan fingerprint density at radius 2 is 1.87 bits per heavy atom. The van der Waals surface area contributed by atoms with Crippen molar-refractivity contribution < 1.29 is 4.79 Å². The van der Waals surface area contributed by atoms with Crippen LogP contribution in [0.2, 0.25) is 0 Å². The van der Waals surface area contributed by atoms with Crippen LogP contribution in [0.4, 0.5) is 5.82 Å². The number of nitrogens with zero attached hydrogens (tertiary/aromatic N) is 2. The lowest BCUT2D eigenvalue weighted by Crippen LogP contribution is -2.12. The smallest absolute Gasteiger partial charge is 0.256 e. The summed E-state index contributed by atoms with van der Waals surface area (Å²) in [5, 5.41) is 10.0. The van der Waals surface area contributed by atoms with Crippen LogP contribution in [0.5, 0.6) is 0 Å². The molecule has 3 aromatic rings. The van der Waals surface area contributed by atoms with Crippen LogP contribution in [-0.2, 0) is 0 Å². The molecule has 0 radical (unpaired) electrons. The highest BCUT2D eigenvalue weighted by atomic mass is 79.9. The molecule has 0 saturated carbocycles. The van der Waals surface area contributed by atoms with Crippen molar-refractivity contribution in [2.75, 3.05) is 5.32 Å². The fourth-order valence-corrected chi connectivity index (χ4v) is 2.46. The molecule has 0 aliphatic carbocycles. The van der Waals surface area contributed by atoms with Gasteiger partial charge in [-0.15, -0.1) is 0 Å². The van der Waals surface area contributed by atoms with Crippen molar-refractivity contribution in [2.24, 2.45) is 0 Å². The van der Waals surface area contributed by atoms with Gasteiger partial charge in [0, 0.05) is 33.1 Å². The average molecular weight is 371 g/mol. The first-order valence-electron chi connectivity index (χ1n) is 7.09. The minimum absolute atomic E-state index is 0.183.